The van der Waals surface area contributed by atoms with Crippen LogP contribution in [0.5, 0.6) is 11.5 Å². The van der Waals surface area contributed by atoms with Crippen LogP contribution in [0.4, 0.5) is 0 Å². The van der Waals surface area contributed by atoms with E-state index in [2.05, 4.69) is 26.8 Å². The number of unbranched alkanes of at least 4 members (excludes halogenated alkanes) is 1. The van der Waals surface area contributed by atoms with Crippen molar-refractivity contribution in [3.05, 3.63) is 23.8 Å². The van der Waals surface area contributed by atoms with E-state index in [0.29, 0.717) is 0 Å². The molecule has 4 nitrogen and oxygen atoms in total. The van der Waals surface area contributed by atoms with Crippen LogP contribution in [0.15, 0.2) is 18.2 Å². The van der Waals surface area contributed by atoms with E-state index in [1.54, 1.807) is 7.11 Å². The van der Waals surface area contributed by atoms with Crippen LogP contribution in [0, 0.1) is 11.8 Å². The summed E-state index contributed by atoms with van der Waals surface area (Å²) < 4.78 is 11.5. The van der Waals surface area contributed by atoms with Crippen LogP contribution in [0.2, 0.25) is 0 Å². The number of benzene rings is 1. The molecule has 0 aliphatic rings. The topological polar surface area (TPSA) is 64.7 Å². The van der Waals surface area contributed by atoms with Crippen molar-refractivity contribution < 1.29 is 14.6 Å². The Morgan fingerprint density at radius 2 is 1.79 bits per heavy atom. The molecule has 0 saturated heterocycles. The third kappa shape index (κ3) is 10.4. The molecule has 0 bridgehead atoms. The maximum Gasteiger partial charge on any atom is 0.125 e. The van der Waals surface area contributed by atoms with Gasteiger partial charge in [0.15, 0.2) is 0 Å². The van der Waals surface area contributed by atoms with Crippen molar-refractivity contribution in [3.63, 3.8) is 0 Å². The summed E-state index contributed by atoms with van der Waals surface area (Å²) in [5.74, 6) is 3.31. The highest BCUT2D eigenvalue weighted by molar-refractivity contribution is 5.41. The fraction of sp³-hybridized carbons (Fsp3) is 0.760. The lowest BCUT2D eigenvalue weighted by Crippen LogP contribution is -2.43. The van der Waals surface area contributed by atoms with Crippen LogP contribution in [-0.4, -0.2) is 31.0 Å². The van der Waals surface area contributed by atoms with Gasteiger partial charge in [-0.1, -0.05) is 59.4 Å². The summed E-state index contributed by atoms with van der Waals surface area (Å²) in [4.78, 5) is 0. The molecule has 0 radical (unpaired) electrons. The molecule has 168 valence electrons. The van der Waals surface area contributed by atoms with E-state index >= 15 is 0 Å². The molecule has 0 saturated carbocycles. The van der Waals surface area contributed by atoms with E-state index in [-0.39, 0.29) is 6.61 Å². The smallest absolute Gasteiger partial charge is 0.125 e. The second-order valence-corrected chi connectivity index (χ2v) is 9.12. The van der Waals surface area contributed by atoms with E-state index in [4.69, 9.17) is 15.2 Å². The Morgan fingerprint density at radius 1 is 1.07 bits per heavy atom. The summed E-state index contributed by atoms with van der Waals surface area (Å²) in [6.45, 7) is 9.73. The van der Waals surface area contributed by atoms with Gasteiger partial charge >= 0.3 is 0 Å². The lowest BCUT2D eigenvalue weighted by Gasteiger charge is -2.25. The van der Waals surface area contributed by atoms with Gasteiger partial charge in [-0.05, 0) is 55.6 Å². The average Bonchev–Trinajstić information content (AvgIpc) is 2.71. The van der Waals surface area contributed by atoms with Crippen LogP contribution in [0.1, 0.15) is 84.6 Å². The molecular formula is C25H45NO3. The highest BCUT2D eigenvalue weighted by Gasteiger charge is 2.22. The Labute approximate surface area is 179 Å². The zero-order valence-electron chi connectivity index (χ0n) is 19.5. The number of aliphatic hydroxyl groups excluding tert-OH is 1. The fourth-order valence-corrected chi connectivity index (χ4v) is 3.58. The number of aryl methyl sites for hydroxylation is 1. The molecule has 3 N–H and O–H groups in total. The predicted molar refractivity (Wildman–Crippen MR) is 123 cm³/mol. The summed E-state index contributed by atoms with van der Waals surface area (Å²) in [5.41, 5.74) is 6.79. The zero-order valence-corrected chi connectivity index (χ0v) is 19.5. The van der Waals surface area contributed by atoms with Gasteiger partial charge < -0.3 is 20.3 Å². The molecule has 1 rings (SSSR count). The molecule has 0 spiro atoms. The van der Waals surface area contributed by atoms with Gasteiger partial charge in [-0.3, -0.25) is 0 Å². The van der Waals surface area contributed by atoms with Gasteiger partial charge in [0.25, 0.3) is 0 Å². The monoisotopic (exact) mass is 407 g/mol. The Hall–Kier alpha value is -1.26. The Morgan fingerprint density at radius 3 is 2.41 bits per heavy atom. The Kier molecular flexibility index (Phi) is 12.3. The molecule has 4 heteroatoms. The summed E-state index contributed by atoms with van der Waals surface area (Å²) in [6, 6.07) is 6.03. The second-order valence-electron chi connectivity index (χ2n) is 9.12. The van der Waals surface area contributed by atoms with Gasteiger partial charge in [0.1, 0.15) is 11.5 Å². The first-order valence-electron chi connectivity index (χ1n) is 11.5. The van der Waals surface area contributed by atoms with Gasteiger partial charge in [0.05, 0.1) is 20.3 Å². The number of aliphatic hydroxyl groups is 1. The van der Waals surface area contributed by atoms with Gasteiger partial charge in [0.2, 0.25) is 0 Å². The maximum absolute atomic E-state index is 9.50. The molecule has 0 aliphatic heterocycles. The lowest BCUT2D eigenvalue weighted by molar-refractivity contribution is 0.182. The predicted octanol–water partition coefficient (Wildman–Crippen LogP) is 5.74. The van der Waals surface area contributed by atoms with Crippen molar-refractivity contribution >= 4 is 0 Å². The molecule has 2 unspecified atom stereocenters. The molecule has 2 atom stereocenters. The molecule has 0 aromatic heterocycles. The standard InChI is InChI=1S/C25H45NO3/c1-6-25(26,19-27)16-15-22-13-14-23(18-24(22)28-5)29-17-8-7-11-21(4)12-9-10-20(2)3/h13-14,18,20-21,27H,6-12,15-17,19,26H2,1-5H3. The summed E-state index contributed by atoms with van der Waals surface area (Å²) in [5, 5.41) is 9.50. The van der Waals surface area contributed by atoms with Crippen LogP contribution in [0.3, 0.4) is 0 Å². The van der Waals surface area contributed by atoms with Crippen molar-refractivity contribution in [2.45, 2.75) is 91.0 Å². The summed E-state index contributed by atoms with van der Waals surface area (Å²) >= 11 is 0. The summed E-state index contributed by atoms with van der Waals surface area (Å²) in [6.07, 6.45) is 9.89. The fourth-order valence-electron chi connectivity index (χ4n) is 3.58. The Balaban J connectivity index is 2.36. The number of rotatable bonds is 16. The van der Waals surface area contributed by atoms with E-state index in [9.17, 15) is 5.11 Å². The van der Waals surface area contributed by atoms with Crippen molar-refractivity contribution in [2.75, 3.05) is 20.3 Å². The third-order valence-corrected chi connectivity index (χ3v) is 6.01. The molecular weight excluding hydrogens is 362 g/mol. The number of ether oxygens (including phenoxy) is 2. The number of hydrogen-bond acceptors (Lipinski definition) is 4. The first-order valence-corrected chi connectivity index (χ1v) is 11.5. The number of nitrogens with two attached hydrogens (primary N) is 1. The van der Waals surface area contributed by atoms with Crippen molar-refractivity contribution in [1.82, 2.24) is 0 Å². The molecule has 0 fully saturated rings. The highest BCUT2D eigenvalue weighted by atomic mass is 16.5. The van der Waals surface area contributed by atoms with E-state index in [0.717, 1.165) is 61.2 Å². The van der Waals surface area contributed by atoms with Gasteiger partial charge in [-0.15, -0.1) is 0 Å². The quantitative estimate of drug-likeness (QED) is 0.343. The van der Waals surface area contributed by atoms with Crippen LogP contribution >= 0.6 is 0 Å². The lowest BCUT2D eigenvalue weighted by atomic mass is 9.90. The largest absolute Gasteiger partial charge is 0.496 e. The van der Waals surface area contributed by atoms with Crippen molar-refractivity contribution in [2.24, 2.45) is 17.6 Å². The van der Waals surface area contributed by atoms with E-state index < -0.39 is 5.54 Å². The van der Waals surface area contributed by atoms with E-state index in [1.807, 2.05) is 19.1 Å². The number of hydrogen-bond donors (Lipinski definition) is 2. The van der Waals surface area contributed by atoms with Crippen molar-refractivity contribution in [3.8, 4) is 11.5 Å². The van der Waals surface area contributed by atoms with Gasteiger partial charge in [-0.25, -0.2) is 0 Å². The summed E-state index contributed by atoms with van der Waals surface area (Å²) in [7, 11) is 1.69. The SMILES string of the molecule is CCC(N)(CO)CCc1ccc(OCCCCC(C)CCCC(C)C)cc1OC. The van der Waals surface area contributed by atoms with Gasteiger partial charge in [0, 0.05) is 11.6 Å². The minimum absolute atomic E-state index is 0.00333. The minimum atomic E-state index is -0.522. The normalized spacial score (nSPS) is 14.6. The molecule has 0 aliphatic carbocycles. The second kappa shape index (κ2) is 13.9. The van der Waals surface area contributed by atoms with Crippen LogP contribution < -0.4 is 15.2 Å². The molecule has 29 heavy (non-hydrogen) atoms. The van der Waals surface area contributed by atoms with Crippen molar-refractivity contribution in [1.29, 1.82) is 0 Å². The highest BCUT2D eigenvalue weighted by Crippen LogP contribution is 2.28. The van der Waals surface area contributed by atoms with Crippen LogP contribution in [-0.2, 0) is 6.42 Å². The maximum atomic E-state index is 9.50. The minimum Gasteiger partial charge on any atom is -0.496 e. The molecule has 0 amide bonds. The first-order chi connectivity index (χ1) is 13.8. The molecule has 0 heterocycles. The number of methoxy groups -OCH3 is 1. The molecule has 1 aromatic carbocycles. The Bertz CT molecular complexity index is 555. The third-order valence-electron chi connectivity index (χ3n) is 6.01. The zero-order chi connectivity index (χ0) is 21.7. The van der Waals surface area contributed by atoms with Gasteiger partial charge in [-0.2, -0.15) is 0 Å². The van der Waals surface area contributed by atoms with Crippen LogP contribution in [0.25, 0.3) is 0 Å². The first kappa shape index (κ1) is 25.8. The van der Waals surface area contributed by atoms with E-state index in [1.165, 1.54) is 32.1 Å². The molecule has 1 aromatic rings. The average molecular weight is 408 g/mol.